The molecule has 0 aliphatic heterocycles. The maximum Gasteiger partial charge on any atom is 0.125 e. The Kier molecular flexibility index (Phi) is 6.54. The summed E-state index contributed by atoms with van der Waals surface area (Å²) < 4.78 is 6.35. The van der Waals surface area contributed by atoms with Crippen molar-refractivity contribution in [2.75, 3.05) is 6.61 Å². The van der Waals surface area contributed by atoms with Crippen molar-refractivity contribution in [3.63, 3.8) is 0 Å². The second-order valence-corrected chi connectivity index (χ2v) is 11.9. The molecule has 182 valence electrons. The van der Waals surface area contributed by atoms with Crippen molar-refractivity contribution in [1.29, 1.82) is 0 Å². The van der Waals surface area contributed by atoms with Gasteiger partial charge in [-0.15, -0.1) is 0 Å². The van der Waals surface area contributed by atoms with Crippen molar-refractivity contribution in [3.8, 4) is 11.8 Å². The van der Waals surface area contributed by atoms with Crippen molar-refractivity contribution in [2.24, 2.45) is 22.7 Å². The number of aliphatic hydroxyl groups is 2. The normalized spacial score (nSPS) is 35.9. The van der Waals surface area contributed by atoms with Gasteiger partial charge in [-0.3, -0.25) is 0 Å². The molecule has 0 aromatic rings. The van der Waals surface area contributed by atoms with E-state index in [1.54, 1.807) is 5.57 Å². The lowest BCUT2D eigenvalue weighted by molar-refractivity contribution is 0.00260. The summed E-state index contributed by atoms with van der Waals surface area (Å²) in [5.74, 6) is 7.25. The van der Waals surface area contributed by atoms with Crippen molar-refractivity contribution < 1.29 is 14.9 Å². The summed E-state index contributed by atoms with van der Waals surface area (Å²) in [7, 11) is 0. The number of hydrogen-bond donors (Lipinski definition) is 2. The molecule has 2 N–H and O–H groups in total. The number of rotatable bonds is 5. The van der Waals surface area contributed by atoms with E-state index in [9.17, 15) is 10.2 Å². The fourth-order valence-corrected chi connectivity index (χ4v) is 7.43. The number of hydrogen-bond acceptors (Lipinski definition) is 3. The molecule has 0 amide bonds. The van der Waals surface area contributed by atoms with Crippen LogP contribution in [0, 0.1) is 34.5 Å². The van der Waals surface area contributed by atoms with Gasteiger partial charge in [-0.05, 0) is 93.5 Å². The fourth-order valence-electron chi connectivity index (χ4n) is 7.43. The maximum absolute atomic E-state index is 10.4. The van der Waals surface area contributed by atoms with Crippen LogP contribution < -0.4 is 0 Å². The molecule has 0 heterocycles. The fraction of sp³-hybridized carbons (Fsp3) is 0.733. The van der Waals surface area contributed by atoms with Crippen LogP contribution in [-0.4, -0.2) is 34.1 Å². The van der Waals surface area contributed by atoms with Crippen LogP contribution in [0.5, 0.6) is 0 Å². The summed E-state index contributed by atoms with van der Waals surface area (Å²) in [6.07, 6.45) is 14.6. The van der Waals surface area contributed by atoms with Crippen LogP contribution in [-0.2, 0) is 4.74 Å². The lowest BCUT2D eigenvalue weighted by Crippen LogP contribution is -2.47. The van der Waals surface area contributed by atoms with Crippen molar-refractivity contribution in [2.45, 2.75) is 110 Å². The highest BCUT2D eigenvalue weighted by Crippen LogP contribution is 2.64. The highest BCUT2D eigenvalue weighted by Gasteiger charge is 2.56. The van der Waals surface area contributed by atoms with E-state index in [-0.39, 0.29) is 22.5 Å². The molecule has 0 aromatic carbocycles. The van der Waals surface area contributed by atoms with Gasteiger partial charge in [0, 0.05) is 0 Å². The Bertz CT molecular complexity index is 922. The van der Waals surface area contributed by atoms with Gasteiger partial charge in [0.25, 0.3) is 0 Å². The molecule has 0 aromatic heterocycles. The lowest BCUT2D eigenvalue weighted by atomic mass is 9.50. The molecule has 3 heteroatoms. The minimum Gasteiger partial charge on any atom is -0.393 e. The first-order chi connectivity index (χ1) is 15.5. The Morgan fingerprint density at radius 2 is 1.76 bits per heavy atom. The van der Waals surface area contributed by atoms with Crippen LogP contribution in [0.15, 0.2) is 34.9 Å². The standard InChI is InChI=1S/C30H44O3/c1-7-30(32,8-2)16-9-19-33-27(3,4)26-13-12-24-23-11-10-21-20-22(31)14-17-28(21,5)25(23)15-18-29(24,26)6/h10-11,13,22,24-25,31-32H,7-8,12,14-15,17-20H2,1-6H3/t22-,24-,25-,28-,29-/m0/s1. The van der Waals surface area contributed by atoms with Gasteiger partial charge >= 0.3 is 0 Å². The van der Waals surface area contributed by atoms with Gasteiger partial charge in [0.15, 0.2) is 0 Å². The molecule has 0 radical (unpaired) electrons. The second-order valence-electron chi connectivity index (χ2n) is 11.9. The van der Waals surface area contributed by atoms with E-state index in [1.807, 2.05) is 13.8 Å². The van der Waals surface area contributed by atoms with Crippen molar-refractivity contribution in [3.05, 3.63) is 34.9 Å². The van der Waals surface area contributed by atoms with Crippen LogP contribution in [0.3, 0.4) is 0 Å². The minimum absolute atomic E-state index is 0.114. The van der Waals surface area contributed by atoms with Crippen LogP contribution in [0.4, 0.5) is 0 Å². The van der Waals surface area contributed by atoms with E-state index in [0.29, 0.717) is 31.3 Å². The number of fused-ring (bicyclic) bond motifs is 5. The van der Waals surface area contributed by atoms with E-state index in [4.69, 9.17) is 4.74 Å². The number of ether oxygens (including phenoxy) is 1. The zero-order chi connectivity index (χ0) is 24.1. The molecule has 0 spiro atoms. The quantitative estimate of drug-likeness (QED) is 0.390. The van der Waals surface area contributed by atoms with E-state index in [2.05, 4.69) is 57.8 Å². The summed E-state index contributed by atoms with van der Waals surface area (Å²) in [4.78, 5) is 0. The van der Waals surface area contributed by atoms with Crippen LogP contribution >= 0.6 is 0 Å². The van der Waals surface area contributed by atoms with Crippen molar-refractivity contribution in [1.82, 2.24) is 0 Å². The molecule has 3 nitrogen and oxygen atoms in total. The molecule has 5 atom stereocenters. The maximum atomic E-state index is 10.4. The molecule has 2 saturated carbocycles. The molecule has 4 rings (SSSR count). The Hall–Kier alpha value is -1.34. The molecule has 0 bridgehead atoms. The van der Waals surface area contributed by atoms with E-state index in [1.165, 1.54) is 24.0 Å². The predicted octanol–water partition coefficient (Wildman–Crippen LogP) is 6.12. The van der Waals surface area contributed by atoms with Gasteiger partial charge < -0.3 is 14.9 Å². The molecule has 0 unspecified atom stereocenters. The number of allylic oxidation sites excluding steroid dienone is 4. The van der Waals surface area contributed by atoms with Gasteiger partial charge in [0.05, 0.1) is 11.7 Å². The molecule has 4 aliphatic rings. The Morgan fingerprint density at radius 1 is 1.06 bits per heavy atom. The summed E-state index contributed by atoms with van der Waals surface area (Å²) >= 11 is 0. The Balaban J connectivity index is 1.52. The topological polar surface area (TPSA) is 49.7 Å². The Labute approximate surface area is 201 Å². The summed E-state index contributed by atoms with van der Waals surface area (Å²) in [5, 5.41) is 20.7. The molecule has 4 aliphatic carbocycles. The summed E-state index contributed by atoms with van der Waals surface area (Å²) in [6.45, 7) is 13.5. The molecule has 2 fully saturated rings. The average Bonchev–Trinajstić information content (AvgIpc) is 3.15. The third-order valence-electron chi connectivity index (χ3n) is 9.78. The van der Waals surface area contributed by atoms with Gasteiger partial charge in [0.2, 0.25) is 0 Å². The summed E-state index contributed by atoms with van der Waals surface area (Å²) in [6, 6.07) is 0. The first kappa shape index (κ1) is 24.8. The molecular formula is C30H44O3. The van der Waals surface area contributed by atoms with E-state index in [0.717, 1.165) is 25.7 Å². The highest BCUT2D eigenvalue weighted by atomic mass is 16.5. The molecule has 0 saturated heterocycles. The first-order valence-electron chi connectivity index (χ1n) is 13.2. The second kappa shape index (κ2) is 8.71. The van der Waals surface area contributed by atoms with Gasteiger partial charge in [-0.2, -0.15) is 0 Å². The third kappa shape index (κ3) is 4.18. The smallest absolute Gasteiger partial charge is 0.125 e. The van der Waals surface area contributed by atoms with Gasteiger partial charge in [0.1, 0.15) is 12.2 Å². The molecule has 33 heavy (non-hydrogen) atoms. The van der Waals surface area contributed by atoms with Crippen LogP contribution in [0.1, 0.15) is 92.9 Å². The van der Waals surface area contributed by atoms with E-state index < -0.39 is 5.60 Å². The predicted molar refractivity (Wildman–Crippen MR) is 134 cm³/mol. The minimum atomic E-state index is -0.902. The average molecular weight is 453 g/mol. The number of aliphatic hydroxyl groups excluding tert-OH is 1. The Morgan fingerprint density at radius 3 is 2.45 bits per heavy atom. The third-order valence-corrected chi connectivity index (χ3v) is 9.78. The van der Waals surface area contributed by atoms with Crippen LogP contribution in [0.2, 0.25) is 0 Å². The first-order valence-corrected chi connectivity index (χ1v) is 13.2. The lowest BCUT2D eigenvalue weighted by Gasteiger charge is -2.55. The van der Waals surface area contributed by atoms with E-state index >= 15 is 0 Å². The SMILES string of the molecule is CCC(O)(C#CCOC(C)(C)C1=CC[C@H]2C3=CC=C4C[C@@H](O)CC[C@]4(C)[C@H]3CC[C@]12C)CC. The monoisotopic (exact) mass is 452 g/mol. The largest absolute Gasteiger partial charge is 0.393 e. The molecular weight excluding hydrogens is 408 g/mol. The van der Waals surface area contributed by atoms with Gasteiger partial charge in [-0.1, -0.05) is 68.9 Å². The summed E-state index contributed by atoms with van der Waals surface area (Å²) in [5.41, 5.74) is 3.56. The van der Waals surface area contributed by atoms with Crippen LogP contribution in [0.25, 0.3) is 0 Å². The van der Waals surface area contributed by atoms with Crippen molar-refractivity contribution >= 4 is 0 Å². The highest BCUT2D eigenvalue weighted by molar-refractivity contribution is 5.43. The zero-order valence-corrected chi connectivity index (χ0v) is 21.6. The zero-order valence-electron chi connectivity index (χ0n) is 21.6. The van der Waals surface area contributed by atoms with Gasteiger partial charge in [-0.25, -0.2) is 0 Å².